The van der Waals surface area contributed by atoms with Gasteiger partial charge in [0.15, 0.2) is 5.11 Å². The van der Waals surface area contributed by atoms with E-state index in [1.807, 2.05) is 57.2 Å². The quantitative estimate of drug-likeness (QED) is 0.830. The minimum atomic E-state index is -0.198. The number of hydrogen-bond acceptors (Lipinski definition) is 2. The van der Waals surface area contributed by atoms with Crippen molar-refractivity contribution in [1.29, 1.82) is 0 Å². The minimum Gasteiger partial charge on any atom is -0.332 e. The molecule has 0 unspecified atom stereocenters. The number of rotatable bonds is 2. The van der Waals surface area contributed by atoms with Gasteiger partial charge in [0, 0.05) is 11.3 Å². The topological polar surface area (TPSA) is 41.1 Å². The molecule has 2 aromatic rings. The van der Waals surface area contributed by atoms with Crippen LogP contribution in [-0.2, 0) is 0 Å². The number of amides is 1. The molecule has 21 heavy (non-hydrogen) atoms. The van der Waals surface area contributed by atoms with Gasteiger partial charge in [-0.15, -0.1) is 0 Å². The van der Waals surface area contributed by atoms with Crippen molar-refractivity contribution >= 4 is 28.9 Å². The number of thiocarbonyl (C=S) groups is 1. The highest BCUT2D eigenvalue weighted by Crippen LogP contribution is 2.17. The zero-order valence-electron chi connectivity index (χ0n) is 12.4. The van der Waals surface area contributed by atoms with Crippen LogP contribution < -0.4 is 10.6 Å². The lowest BCUT2D eigenvalue weighted by molar-refractivity contribution is 0.0977. The first-order chi connectivity index (χ1) is 9.99. The van der Waals surface area contributed by atoms with Crippen molar-refractivity contribution in [3.8, 4) is 0 Å². The Kier molecular flexibility index (Phi) is 4.70. The molecule has 0 radical (unpaired) electrons. The Labute approximate surface area is 130 Å². The van der Waals surface area contributed by atoms with E-state index < -0.39 is 0 Å². The largest absolute Gasteiger partial charge is 0.332 e. The smallest absolute Gasteiger partial charge is 0.257 e. The molecular weight excluding hydrogens is 280 g/mol. The third-order valence-electron chi connectivity index (χ3n) is 3.47. The molecule has 0 aliphatic heterocycles. The van der Waals surface area contributed by atoms with Gasteiger partial charge in [-0.1, -0.05) is 30.3 Å². The second-order valence-electron chi connectivity index (χ2n) is 4.97. The van der Waals surface area contributed by atoms with E-state index in [9.17, 15) is 4.79 Å². The normalized spacial score (nSPS) is 10.0. The summed E-state index contributed by atoms with van der Waals surface area (Å²) in [7, 11) is 0. The second-order valence-corrected chi connectivity index (χ2v) is 5.38. The molecule has 0 aliphatic rings. The molecule has 0 heterocycles. The first-order valence-corrected chi connectivity index (χ1v) is 7.14. The third kappa shape index (κ3) is 3.67. The summed E-state index contributed by atoms with van der Waals surface area (Å²) < 4.78 is 0. The molecule has 0 aromatic heterocycles. The van der Waals surface area contributed by atoms with E-state index in [0.717, 1.165) is 16.8 Å². The first kappa shape index (κ1) is 15.2. The predicted molar refractivity (Wildman–Crippen MR) is 90.8 cm³/mol. The number of benzene rings is 2. The lowest BCUT2D eigenvalue weighted by Gasteiger charge is -2.13. The van der Waals surface area contributed by atoms with Crippen molar-refractivity contribution in [1.82, 2.24) is 5.32 Å². The predicted octanol–water partition coefficient (Wildman–Crippen LogP) is 3.74. The van der Waals surface area contributed by atoms with Crippen molar-refractivity contribution in [2.75, 3.05) is 5.32 Å². The number of hydrogen-bond donors (Lipinski definition) is 2. The maximum Gasteiger partial charge on any atom is 0.257 e. The van der Waals surface area contributed by atoms with Gasteiger partial charge in [-0.05, 0) is 61.8 Å². The number of anilines is 1. The molecule has 0 saturated heterocycles. The molecule has 2 N–H and O–H groups in total. The SMILES string of the molecule is Cc1ccccc1C(=O)NC(=S)Nc1cccc(C)c1C. The van der Waals surface area contributed by atoms with Crippen LogP contribution in [0.1, 0.15) is 27.0 Å². The molecule has 0 spiro atoms. The van der Waals surface area contributed by atoms with Gasteiger partial charge in [0.25, 0.3) is 5.91 Å². The van der Waals surface area contributed by atoms with Crippen LogP contribution in [0.5, 0.6) is 0 Å². The molecule has 2 aromatic carbocycles. The minimum absolute atomic E-state index is 0.198. The lowest BCUT2D eigenvalue weighted by atomic mass is 10.1. The standard InChI is InChI=1S/C17H18N2OS/c1-11-8-6-10-15(13(11)3)18-17(21)19-16(20)14-9-5-4-7-12(14)2/h4-10H,1-3H3,(H2,18,19,20,21). The zero-order chi connectivity index (χ0) is 15.4. The Hall–Kier alpha value is -2.20. The molecule has 0 aliphatic carbocycles. The summed E-state index contributed by atoms with van der Waals surface area (Å²) in [4.78, 5) is 12.2. The number of carbonyl (C=O) groups excluding carboxylic acids is 1. The Balaban J connectivity index is 2.07. The Bertz CT molecular complexity index is 695. The maximum atomic E-state index is 12.2. The van der Waals surface area contributed by atoms with Gasteiger partial charge in [0.1, 0.15) is 0 Å². The highest BCUT2D eigenvalue weighted by atomic mass is 32.1. The van der Waals surface area contributed by atoms with Crippen molar-refractivity contribution < 1.29 is 4.79 Å². The fourth-order valence-electron chi connectivity index (χ4n) is 2.04. The van der Waals surface area contributed by atoms with Crippen molar-refractivity contribution in [2.45, 2.75) is 20.8 Å². The van der Waals surface area contributed by atoms with E-state index >= 15 is 0 Å². The summed E-state index contributed by atoms with van der Waals surface area (Å²) in [5.41, 5.74) is 4.75. The van der Waals surface area contributed by atoms with Gasteiger partial charge in [0.2, 0.25) is 0 Å². The summed E-state index contributed by atoms with van der Waals surface area (Å²) in [5.74, 6) is -0.198. The highest BCUT2D eigenvalue weighted by Gasteiger charge is 2.10. The van der Waals surface area contributed by atoms with Gasteiger partial charge in [0.05, 0.1) is 0 Å². The Morgan fingerprint density at radius 2 is 1.62 bits per heavy atom. The third-order valence-corrected chi connectivity index (χ3v) is 3.67. The second kappa shape index (κ2) is 6.50. The molecular formula is C17H18N2OS. The monoisotopic (exact) mass is 298 g/mol. The summed E-state index contributed by atoms with van der Waals surface area (Å²) in [6, 6.07) is 13.4. The number of aryl methyl sites for hydroxylation is 2. The van der Waals surface area contributed by atoms with Crippen LogP contribution >= 0.6 is 12.2 Å². The van der Waals surface area contributed by atoms with Crippen LogP contribution in [0.3, 0.4) is 0 Å². The van der Waals surface area contributed by atoms with Gasteiger partial charge >= 0.3 is 0 Å². The van der Waals surface area contributed by atoms with Gasteiger partial charge < -0.3 is 5.32 Å². The fourth-order valence-corrected chi connectivity index (χ4v) is 2.24. The average Bonchev–Trinajstić information content (AvgIpc) is 2.44. The van der Waals surface area contributed by atoms with E-state index in [-0.39, 0.29) is 5.91 Å². The van der Waals surface area contributed by atoms with Crippen LogP contribution in [0.25, 0.3) is 0 Å². The van der Waals surface area contributed by atoms with E-state index in [2.05, 4.69) is 10.6 Å². The molecule has 1 amide bonds. The van der Waals surface area contributed by atoms with Crippen LogP contribution in [0.15, 0.2) is 42.5 Å². The van der Waals surface area contributed by atoms with Gasteiger partial charge in [-0.3, -0.25) is 10.1 Å². The van der Waals surface area contributed by atoms with Gasteiger partial charge in [-0.25, -0.2) is 0 Å². The van der Waals surface area contributed by atoms with Crippen molar-refractivity contribution in [3.05, 3.63) is 64.7 Å². The van der Waals surface area contributed by atoms with E-state index in [1.165, 1.54) is 5.56 Å². The van der Waals surface area contributed by atoms with Crippen LogP contribution in [0, 0.1) is 20.8 Å². The van der Waals surface area contributed by atoms with Crippen molar-refractivity contribution in [3.63, 3.8) is 0 Å². The van der Waals surface area contributed by atoms with Crippen LogP contribution in [0.2, 0.25) is 0 Å². The molecule has 2 rings (SSSR count). The number of carbonyl (C=O) groups is 1. The summed E-state index contributed by atoms with van der Waals surface area (Å²) in [5, 5.41) is 6.09. The maximum absolute atomic E-state index is 12.2. The average molecular weight is 298 g/mol. The Morgan fingerprint density at radius 1 is 0.952 bits per heavy atom. The van der Waals surface area contributed by atoms with E-state index in [1.54, 1.807) is 6.07 Å². The van der Waals surface area contributed by atoms with E-state index in [4.69, 9.17) is 12.2 Å². The lowest BCUT2D eigenvalue weighted by Crippen LogP contribution is -2.34. The molecule has 108 valence electrons. The molecule has 0 fully saturated rings. The molecule has 3 nitrogen and oxygen atoms in total. The van der Waals surface area contributed by atoms with Crippen LogP contribution in [0.4, 0.5) is 5.69 Å². The first-order valence-electron chi connectivity index (χ1n) is 6.73. The van der Waals surface area contributed by atoms with Crippen molar-refractivity contribution in [2.24, 2.45) is 0 Å². The highest BCUT2D eigenvalue weighted by molar-refractivity contribution is 7.80. The summed E-state index contributed by atoms with van der Waals surface area (Å²) in [6.45, 7) is 5.95. The zero-order valence-corrected chi connectivity index (χ0v) is 13.2. The van der Waals surface area contributed by atoms with Gasteiger partial charge in [-0.2, -0.15) is 0 Å². The molecule has 4 heteroatoms. The molecule has 0 bridgehead atoms. The van der Waals surface area contributed by atoms with Crippen LogP contribution in [-0.4, -0.2) is 11.0 Å². The molecule has 0 atom stereocenters. The Morgan fingerprint density at radius 3 is 2.33 bits per heavy atom. The number of nitrogens with one attached hydrogen (secondary N) is 2. The molecule has 0 saturated carbocycles. The summed E-state index contributed by atoms with van der Waals surface area (Å²) >= 11 is 5.22. The fraction of sp³-hybridized carbons (Fsp3) is 0.176. The van der Waals surface area contributed by atoms with E-state index in [0.29, 0.717) is 10.7 Å². The summed E-state index contributed by atoms with van der Waals surface area (Å²) in [6.07, 6.45) is 0.